The van der Waals surface area contributed by atoms with Gasteiger partial charge in [-0.05, 0) is 115 Å². The van der Waals surface area contributed by atoms with Crippen molar-refractivity contribution in [1.82, 2.24) is 5.32 Å². The van der Waals surface area contributed by atoms with Crippen LogP contribution in [-0.2, 0) is 27.9 Å². The Bertz CT molecular complexity index is 1770. The highest BCUT2D eigenvalue weighted by atomic mass is 31.2. The number of allylic oxidation sites excluding steroid dienone is 19. The molecule has 452 valence electrons. The number of rotatable bonds is 56. The molecule has 0 aliphatic carbocycles. The van der Waals surface area contributed by atoms with Gasteiger partial charge >= 0.3 is 5.97 Å². The first-order valence-corrected chi connectivity index (χ1v) is 33.3. The number of quaternary nitrogens is 1. The van der Waals surface area contributed by atoms with Crippen LogP contribution in [0.3, 0.4) is 0 Å². The van der Waals surface area contributed by atoms with Crippen LogP contribution in [0.1, 0.15) is 252 Å². The molecule has 0 heterocycles. The molecule has 0 radical (unpaired) electrons. The van der Waals surface area contributed by atoms with E-state index >= 15 is 0 Å². The Morgan fingerprint density at radius 1 is 0.456 bits per heavy atom. The van der Waals surface area contributed by atoms with E-state index in [1.54, 1.807) is 0 Å². The molecule has 0 spiro atoms. The second kappa shape index (κ2) is 57.6. The highest BCUT2D eigenvalue weighted by molar-refractivity contribution is 7.45. The fraction of sp³-hybridized carbons (Fsp3) is 0.681. The van der Waals surface area contributed by atoms with Crippen LogP contribution in [0.2, 0.25) is 0 Å². The molecule has 9 nitrogen and oxygen atoms in total. The summed E-state index contributed by atoms with van der Waals surface area (Å²) in [5.74, 6) is -0.625. The number of likely N-dealkylation sites (N-methyl/N-ethyl adjacent to an activating group) is 1. The van der Waals surface area contributed by atoms with Crippen molar-refractivity contribution in [2.45, 2.75) is 264 Å². The van der Waals surface area contributed by atoms with Gasteiger partial charge in [0.05, 0.1) is 33.8 Å². The minimum Gasteiger partial charge on any atom is -0.756 e. The van der Waals surface area contributed by atoms with E-state index < -0.39 is 32.5 Å². The van der Waals surface area contributed by atoms with Crippen LogP contribution in [0.5, 0.6) is 0 Å². The Hall–Kier alpha value is -3.59. The van der Waals surface area contributed by atoms with Crippen LogP contribution < -0.4 is 10.2 Å². The summed E-state index contributed by atoms with van der Waals surface area (Å²) in [6.07, 6.45) is 80.3. The summed E-state index contributed by atoms with van der Waals surface area (Å²) < 4.78 is 30.3. The van der Waals surface area contributed by atoms with Gasteiger partial charge < -0.3 is 28.5 Å². The molecule has 0 bridgehead atoms. The van der Waals surface area contributed by atoms with Crippen LogP contribution in [0.4, 0.5) is 0 Å². The van der Waals surface area contributed by atoms with Crippen molar-refractivity contribution in [1.29, 1.82) is 0 Å². The number of esters is 1. The zero-order chi connectivity index (χ0) is 57.9. The van der Waals surface area contributed by atoms with Gasteiger partial charge in [-0.25, -0.2) is 0 Å². The summed E-state index contributed by atoms with van der Waals surface area (Å²) in [5.41, 5.74) is 0. The fourth-order valence-corrected chi connectivity index (χ4v) is 9.20. The van der Waals surface area contributed by atoms with Crippen LogP contribution >= 0.6 is 7.82 Å². The summed E-state index contributed by atoms with van der Waals surface area (Å²) in [4.78, 5) is 40.0. The molecule has 0 aliphatic heterocycles. The summed E-state index contributed by atoms with van der Waals surface area (Å²) in [5, 5.41) is 3.01. The lowest BCUT2D eigenvalue weighted by atomic mass is 10.0. The lowest BCUT2D eigenvalue weighted by molar-refractivity contribution is -0.870. The normalized spacial score (nSPS) is 14.5. The van der Waals surface area contributed by atoms with Gasteiger partial charge in [-0.15, -0.1) is 0 Å². The second-order valence-corrected chi connectivity index (χ2v) is 23.6. The predicted molar refractivity (Wildman–Crippen MR) is 339 cm³/mol. The molecule has 0 aromatic carbocycles. The van der Waals surface area contributed by atoms with Crippen molar-refractivity contribution in [2.24, 2.45) is 0 Å². The minimum atomic E-state index is -4.72. The van der Waals surface area contributed by atoms with E-state index in [1.165, 1.54) is 103 Å². The van der Waals surface area contributed by atoms with Crippen LogP contribution in [0, 0.1) is 0 Å². The van der Waals surface area contributed by atoms with Gasteiger partial charge in [-0.1, -0.05) is 245 Å². The molecule has 1 amide bonds. The average Bonchev–Trinajstić information content (AvgIpc) is 3.41. The summed E-state index contributed by atoms with van der Waals surface area (Å²) in [7, 11) is 1.13. The van der Waals surface area contributed by atoms with Gasteiger partial charge in [0.25, 0.3) is 7.82 Å². The van der Waals surface area contributed by atoms with E-state index in [9.17, 15) is 19.0 Å². The molecule has 0 aromatic heterocycles. The minimum absolute atomic E-state index is 0.0394. The maximum atomic E-state index is 13.6. The van der Waals surface area contributed by atoms with Crippen molar-refractivity contribution >= 4 is 19.7 Å². The predicted octanol–water partition coefficient (Wildman–Crippen LogP) is 19.3. The second-order valence-electron chi connectivity index (χ2n) is 22.2. The SMILES string of the molecule is CC/C=C\C/C=C\C/C=C\C/C=C\C/C=C\CCCCCCCCCC(=O)NC(COP(=O)([O-])OCC[N+](C)(C)C)C(/C=C\CCCCCCCCCCCCC)OC(=O)CCC/C=C\C/C=C\C/C=C\C/C=C\CCCCC. The van der Waals surface area contributed by atoms with Crippen molar-refractivity contribution in [3.05, 3.63) is 122 Å². The first-order chi connectivity index (χ1) is 38.4. The first-order valence-electron chi connectivity index (χ1n) is 31.8. The molecule has 0 saturated heterocycles. The molecule has 0 rings (SSSR count). The Balaban J connectivity index is 5.35. The van der Waals surface area contributed by atoms with E-state index in [-0.39, 0.29) is 25.4 Å². The molecule has 0 fully saturated rings. The van der Waals surface area contributed by atoms with Crippen molar-refractivity contribution in [3.8, 4) is 0 Å². The molecule has 10 heteroatoms. The third kappa shape index (κ3) is 58.9. The molecule has 3 atom stereocenters. The summed E-state index contributed by atoms with van der Waals surface area (Å²) in [6.45, 7) is 6.65. The van der Waals surface area contributed by atoms with Crippen LogP contribution in [0.15, 0.2) is 122 Å². The van der Waals surface area contributed by atoms with Gasteiger partial charge in [0.15, 0.2) is 0 Å². The number of hydrogen-bond donors (Lipinski definition) is 1. The molecule has 3 unspecified atom stereocenters. The van der Waals surface area contributed by atoms with Gasteiger partial charge in [0.2, 0.25) is 5.91 Å². The number of hydrogen-bond acceptors (Lipinski definition) is 7. The number of phosphoric acid groups is 1. The lowest BCUT2D eigenvalue weighted by Crippen LogP contribution is -2.47. The molecule has 0 saturated carbocycles. The molecular formula is C69H119N2O7P. The zero-order valence-corrected chi connectivity index (χ0v) is 52.4. The van der Waals surface area contributed by atoms with Crippen LogP contribution in [0.25, 0.3) is 0 Å². The van der Waals surface area contributed by atoms with Gasteiger partial charge in [-0.3, -0.25) is 14.2 Å². The number of ether oxygens (including phenoxy) is 1. The first kappa shape index (κ1) is 75.4. The quantitative estimate of drug-likeness (QED) is 0.0212. The molecule has 1 N–H and O–H groups in total. The highest BCUT2D eigenvalue weighted by Gasteiger charge is 2.27. The van der Waals surface area contributed by atoms with Crippen molar-refractivity contribution in [3.63, 3.8) is 0 Å². The van der Waals surface area contributed by atoms with E-state index in [1.807, 2.05) is 33.3 Å². The fourth-order valence-electron chi connectivity index (χ4n) is 8.48. The lowest BCUT2D eigenvalue weighted by Gasteiger charge is -2.30. The number of unbranched alkanes of at least 4 members (excludes halogenated alkanes) is 22. The van der Waals surface area contributed by atoms with E-state index in [4.69, 9.17) is 13.8 Å². The number of nitrogens with zero attached hydrogens (tertiary/aromatic N) is 1. The topological polar surface area (TPSA) is 114 Å². The Kier molecular flexibility index (Phi) is 55.0. The Labute approximate surface area is 486 Å². The Morgan fingerprint density at radius 3 is 1.27 bits per heavy atom. The number of nitrogens with one attached hydrogen (secondary N) is 1. The third-order valence-corrected chi connectivity index (χ3v) is 14.3. The van der Waals surface area contributed by atoms with E-state index in [0.29, 0.717) is 23.9 Å². The highest BCUT2D eigenvalue weighted by Crippen LogP contribution is 2.38. The zero-order valence-electron chi connectivity index (χ0n) is 51.5. The largest absolute Gasteiger partial charge is 0.756 e. The van der Waals surface area contributed by atoms with Gasteiger partial charge in [-0.2, -0.15) is 0 Å². The van der Waals surface area contributed by atoms with E-state index in [2.05, 4.69) is 135 Å². The number of carbonyl (C=O) groups is 2. The molecule has 0 aliphatic rings. The molecule has 0 aromatic rings. The monoisotopic (exact) mass is 1120 g/mol. The van der Waals surface area contributed by atoms with Gasteiger partial charge in [0.1, 0.15) is 19.3 Å². The average molecular weight is 1120 g/mol. The van der Waals surface area contributed by atoms with Gasteiger partial charge in [0, 0.05) is 12.8 Å². The standard InChI is InChI=1S/C69H119N2O7P/c1-7-10-13-16-19-22-25-28-30-32-33-34-35-36-37-39-40-43-46-49-52-55-58-61-68(72)70-66(65-77-79(74,75)76-64-63-71(4,5)6)67(60-57-54-51-48-45-42-27-24-21-18-15-12-9-3)78-69(73)62-59-56-53-50-47-44-41-38-31-29-26-23-20-17-14-11-8-2/h10,13,19-20,22-23,28-31,33-34,36-37,41,44,50,53,57,60,66-67H,7-9,11-12,14-18,21,24-27,32,35,38-40,42-43,45-49,51-52,54-56,58-59,61-65H2,1-6H3,(H-,70,72,74,75)/b13-10-,22-19-,23-20-,30-28-,31-29-,34-33-,37-36-,44-41-,53-50-,60-57-. The van der Waals surface area contributed by atoms with Crippen LogP contribution in [-0.4, -0.2) is 69.4 Å². The van der Waals surface area contributed by atoms with Crippen molar-refractivity contribution < 1.29 is 37.3 Å². The molecular weight excluding hydrogens is 1000 g/mol. The van der Waals surface area contributed by atoms with Crippen molar-refractivity contribution in [2.75, 3.05) is 40.9 Å². The number of phosphoric ester groups is 1. The smallest absolute Gasteiger partial charge is 0.306 e. The summed E-state index contributed by atoms with van der Waals surface area (Å²) in [6, 6.07) is -0.925. The Morgan fingerprint density at radius 2 is 0.823 bits per heavy atom. The maximum Gasteiger partial charge on any atom is 0.306 e. The number of amides is 1. The van der Waals surface area contributed by atoms with E-state index in [0.717, 1.165) is 103 Å². The summed E-state index contributed by atoms with van der Waals surface area (Å²) >= 11 is 0. The number of carbonyl (C=O) groups excluding carboxylic acids is 2. The third-order valence-electron chi connectivity index (χ3n) is 13.4. The maximum absolute atomic E-state index is 13.6. The molecule has 79 heavy (non-hydrogen) atoms.